The Morgan fingerprint density at radius 1 is 1.13 bits per heavy atom. The van der Waals surface area contributed by atoms with Crippen LogP contribution in [0.4, 0.5) is 18.0 Å². The molecule has 0 saturated heterocycles. The summed E-state index contributed by atoms with van der Waals surface area (Å²) in [5, 5.41) is 0. The quantitative estimate of drug-likeness (QED) is 0.667. The number of aryl methyl sites for hydroxylation is 1. The average molecular weight is 320 g/mol. The Balaban J connectivity index is 2.12. The van der Waals surface area contributed by atoms with Gasteiger partial charge in [-0.1, -0.05) is 24.3 Å². The molecule has 4 nitrogen and oxygen atoms in total. The molecule has 0 fully saturated rings. The summed E-state index contributed by atoms with van der Waals surface area (Å²) < 4.78 is 45.0. The molecule has 3 aromatic rings. The Morgan fingerprint density at radius 2 is 1.83 bits per heavy atom. The van der Waals surface area contributed by atoms with Crippen molar-refractivity contribution in [1.29, 1.82) is 0 Å². The predicted molar refractivity (Wildman–Crippen MR) is 77.3 cm³/mol. The number of benzene rings is 2. The normalized spacial score (nSPS) is 11.7. The van der Waals surface area contributed by atoms with Crippen LogP contribution in [0.25, 0.3) is 11.0 Å². The average Bonchev–Trinajstić information content (AvgIpc) is 2.87. The maximum atomic E-state index is 13.2. The lowest BCUT2D eigenvalue weighted by Crippen LogP contribution is -2.24. The maximum Gasteiger partial charge on any atom is 0.450 e. The van der Waals surface area contributed by atoms with Crippen LogP contribution >= 0.6 is 0 Å². The van der Waals surface area contributed by atoms with E-state index >= 15 is 0 Å². The minimum Gasteiger partial charge on any atom is -0.410 e. The molecule has 2 aromatic carbocycles. The molecule has 1 aromatic heterocycles. The summed E-state index contributed by atoms with van der Waals surface area (Å²) in [6.07, 6.45) is -5.93. The highest BCUT2D eigenvalue weighted by molar-refractivity contribution is 5.89. The molecule has 0 bridgehead atoms. The highest BCUT2D eigenvalue weighted by atomic mass is 19.4. The molecule has 0 radical (unpaired) electrons. The van der Waals surface area contributed by atoms with Crippen LogP contribution in [0, 0.1) is 6.92 Å². The van der Waals surface area contributed by atoms with Gasteiger partial charge in [0.25, 0.3) is 0 Å². The van der Waals surface area contributed by atoms with Gasteiger partial charge in [0, 0.05) is 0 Å². The number of rotatable bonds is 1. The van der Waals surface area contributed by atoms with Gasteiger partial charge in [0.15, 0.2) is 0 Å². The minimum atomic E-state index is -4.78. The van der Waals surface area contributed by atoms with Crippen LogP contribution < -0.4 is 4.74 Å². The van der Waals surface area contributed by atoms with Gasteiger partial charge in [0.05, 0.1) is 11.0 Å². The van der Waals surface area contributed by atoms with Gasteiger partial charge in [-0.15, -0.1) is 0 Å². The molecule has 0 aliphatic carbocycles. The van der Waals surface area contributed by atoms with Crippen LogP contribution in [0.5, 0.6) is 5.75 Å². The Bertz CT molecular complexity index is 870. The van der Waals surface area contributed by atoms with Crippen molar-refractivity contribution in [2.75, 3.05) is 0 Å². The fourth-order valence-electron chi connectivity index (χ4n) is 2.20. The van der Waals surface area contributed by atoms with E-state index in [4.69, 9.17) is 4.74 Å². The van der Waals surface area contributed by atoms with Crippen molar-refractivity contribution in [2.45, 2.75) is 13.1 Å². The number of carbonyl (C=O) groups is 1. The maximum absolute atomic E-state index is 13.2. The third-order valence-corrected chi connectivity index (χ3v) is 3.19. The molecule has 0 saturated carbocycles. The summed E-state index contributed by atoms with van der Waals surface area (Å²) in [4.78, 5) is 15.8. The number of alkyl halides is 3. The first-order valence-corrected chi connectivity index (χ1v) is 6.70. The summed E-state index contributed by atoms with van der Waals surface area (Å²) in [5.74, 6) is -1.15. The second-order valence-electron chi connectivity index (χ2n) is 4.94. The molecule has 0 aliphatic heterocycles. The Hall–Kier alpha value is -2.83. The highest BCUT2D eigenvalue weighted by Gasteiger charge is 2.40. The van der Waals surface area contributed by atoms with Crippen LogP contribution in [0.2, 0.25) is 0 Å². The molecule has 3 rings (SSSR count). The molecule has 0 atom stereocenters. The van der Waals surface area contributed by atoms with Gasteiger partial charge in [-0.3, -0.25) is 0 Å². The van der Waals surface area contributed by atoms with Crippen LogP contribution in [-0.2, 0) is 6.18 Å². The summed E-state index contributed by atoms with van der Waals surface area (Å²) >= 11 is 0. The summed E-state index contributed by atoms with van der Waals surface area (Å²) in [5.41, 5.74) is 0.874. The number of aromatic nitrogens is 2. The van der Waals surface area contributed by atoms with E-state index in [1.54, 1.807) is 31.2 Å². The molecule has 1 heterocycles. The molecule has 7 heteroatoms. The summed E-state index contributed by atoms with van der Waals surface area (Å²) in [7, 11) is 0. The number of para-hydroxylation sites is 1. The molecule has 0 spiro atoms. The zero-order valence-electron chi connectivity index (χ0n) is 12.0. The standard InChI is InChI=1S/C16H11F3N2O2/c1-10-7-8-13-12(9-10)20-14(16(17,18)19)21(13)15(22)23-11-5-3-2-4-6-11/h2-9H,1H3. The van der Waals surface area contributed by atoms with E-state index in [2.05, 4.69) is 4.98 Å². The lowest BCUT2D eigenvalue weighted by atomic mass is 10.2. The Labute approximate surface area is 129 Å². The summed E-state index contributed by atoms with van der Waals surface area (Å²) in [6.45, 7) is 1.73. The molecule has 0 N–H and O–H groups in total. The Kier molecular flexibility index (Phi) is 3.55. The van der Waals surface area contributed by atoms with Crippen molar-refractivity contribution >= 4 is 17.1 Å². The SMILES string of the molecule is Cc1ccc2c(c1)nc(C(F)(F)F)n2C(=O)Oc1ccccc1. The minimum absolute atomic E-state index is 0.0452. The van der Waals surface area contributed by atoms with Gasteiger partial charge >= 0.3 is 12.3 Å². The smallest absolute Gasteiger partial charge is 0.410 e. The van der Waals surface area contributed by atoms with Crippen LogP contribution in [-0.4, -0.2) is 15.6 Å². The van der Waals surface area contributed by atoms with E-state index in [9.17, 15) is 18.0 Å². The largest absolute Gasteiger partial charge is 0.450 e. The van der Waals surface area contributed by atoms with Crippen molar-refractivity contribution in [3.63, 3.8) is 0 Å². The molecule has 23 heavy (non-hydrogen) atoms. The first-order chi connectivity index (χ1) is 10.9. The molecular formula is C16H11F3N2O2. The van der Waals surface area contributed by atoms with Gasteiger partial charge in [-0.05, 0) is 36.8 Å². The van der Waals surface area contributed by atoms with E-state index in [1.807, 2.05) is 0 Å². The lowest BCUT2D eigenvalue weighted by Gasteiger charge is -2.10. The van der Waals surface area contributed by atoms with Gasteiger partial charge in [-0.25, -0.2) is 14.3 Å². The van der Waals surface area contributed by atoms with Gasteiger partial charge in [0.2, 0.25) is 5.82 Å². The molecule has 0 unspecified atom stereocenters. The van der Waals surface area contributed by atoms with E-state index in [0.717, 1.165) is 5.56 Å². The van der Waals surface area contributed by atoms with Gasteiger partial charge < -0.3 is 4.74 Å². The van der Waals surface area contributed by atoms with Gasteiger partial charge in [0.1, 0.15) is 5.75 Å². The van der Waals surface area contributed by atoms with Crippen molar-refractivity contribution in [1.82, 2.24) is 9.55 Å². The zero-order valence-corrected chi connectivity index (χ0v) is 12.0. The van der Waals surface area contributed by atoms with E-state index in [-0.39, 0.29) is 16.8 Å². The lowest BCUT2D eigenvalue weighted by molar-refractivity contribution is -0.145. The third-order valence-electron chi connectivity index (χ3n) is 3.19. The first kappa shape index (κ1) is 15.1. The topological polar surface area (TPSA) is 44.1 Å². The van der Waals surface area contributed by atoms with Crippen LogP contribution in [0.15, 0.2) is 48.5 Å². The number of ether oxygens (including phenoxy) is 1. The highest BCUT2D eigenvalue weighted by Crippen LogP contribution is 2.32. The van der Waals surface area contributed by atoms with Crippen molar-refractivity contribution in [3.05, 3.63) is 59.9 Å². The number of carbonyl (C=O) groups excluding carboxylic acids is 1. The number of fused-ring (bicyclic) bond motifs is 1. The van der Waals surface area contributed by atoms with E-state index < -0.39 is 18.1 Å². The summed E-state index contributed by atoms with van der Waals surface area (Å²) in [6, 6.07) is 12.4. The number of hydrogen-bond acceptors (Lipinski definition) is 3. The van der Waals surface area contributed by atoms with Crippen molar-refractivity contribution in [2.24, 2.45) is 0 Å². The second kappa shape index (κ2) is 5.42. The number of hydrogen-bond donors (Lipinski definition) is 0. The van der Waals surface area contributed by atoms with Crippen molar-refractivity contribution < 1.29 is 22.7 Å². The Morgan fingerprint density at radius 3 is 2.48 bits per heavy atom. The number of nitrogens with zero attached hydrogens (tertiary/aromatic N) is 2. The predicted octanol–water partition coefficient (Wildman–Crippen LogP) is 4.41. The third kappa shape index (κ3) is 2.90. The van der Waals surface area contributed by atoms with Crippen LogP contribution in [0.3, 0.4) is 0 Å². The van der Waals surface area contributed by atoms with Crippen LogP contribution in [0.1, 0.15) is 11.4 Å². The molecule has 118 valence electrons. The molecule has 0 aliphatic rings. The fraction of sp³-hybridized carbons (Fsp3) is 0.125. The molecular weight excluding hydrogens is 309 g/mol. The number of halogens is 3. The van der Waals surface area contributed by atoms with Crippen molar-refractivity contribution in [3.8, 4) is 5.75 Å². The molecule has 0 amide bonds. The van der Waals surface area contributed by atoms with E-state index in [1.165, 1.54) is 24.3 Å². The van der Waals surface area contributed by atoms with Gasteiger partial charge in [-0.2, -0.15) is 13.2 Å². The second-order valence-corrected chi connectivity index (χ2v) is 4.94. The number of imidazole rings is 1. The fourth-order valence-corrected chi connectivity index (χ4v) is 2.20. The first-order valence-electron chi connectivity index (χ1n) is 6.70. The zero-order chi connectivity index (χ0) is 16.6. The monoisotopic (exact) mass is 320 g/mol. The van der Waals surface area contributed by atoms with E-state index in [0.29, 0.717) is 4.57 Å².